The van der Waals surface area contributed by atoms with E-state index in [1.54, 1.807) is 23.0 Å². The summed E-state index contributed by atoms with van der Waals surface area (Å²) in [5.41, 5.74) is 3.06. The smallest absolute Gasteiger partial charge is 0.262 e. The lowest BCUT2D eigenvalue weighted by Gasteiger charge is -2.14. The van der Waals surface area contributed by atoms with E-state index < -0.39 is 0 Å². The average Bonchev–Trinajstić information content (AvgIpc) is 3.04. The number of hydrogen-bond donors (Lipinski definition) is 1. The number of carbonyl (C=O) groups is 1. The number of rotatable bonds is 4. The second-order valence-electron chi connectivity index (χ2n) is 7.27. The van der Waals surface area contributed by atoms with Gasteiger partial charge < -0.3 is 5.32 Å². The number of aryl methyl sites for hydroxylation is 3. The minimum Gasteiger partial charge on any atom is -0.325 e. The molecule has 1 aromatic carbocycles. The van der Waals surface area contributed by atoms with Crippen LogP contribution < -0.4 is 10.9 Å². The Balaban J connectivity index is 1.59. The molecule has 0 radical (unpaired) electrons. The number of aromatic nitrogens is 2. The minimum absolute atomic E-state index is 0.00167. The summed E-state index contributed by atoms with van der Waals surface area (Å²) in [5, 5.41) is 3.94. The largest absolute Gasteiger partial charge is 0.325 e. The predicted octanol–water partition coefficient (Wildman–Crippen LogP) is 4.30. The van der Waals surface area contributed by atoms with Crippen LogP contribution in [0.25, 0.3) is 10.2 Å². The van der Waals surface area contributed by atoms with Crippen molar-refractivity contribution < 1.29 is 4.79 Å². The summed E-state index contributed by atoms with van der Waals surface area (Å²) in [4.78, 5) is 32.4. The molecule has 0 saturated heterocycles. The number of anilines is 1. The molecule has 5 nitrogen and oxygen atoms in total. The molecule has 146 valence electrons. The van der Waals surface area contributed by atoms with E-state index in [2.05, 4.69) is 5.32 Å². The lowest BCUT2D eigenvalue weighted by molar-refractivity contribution is -0.115. The first-order valence-electron chi connectivity index (χ1n) is 9.49. The second-order valence-corrected chi connectivity index (χ2v) is 9.66. The van der Waals surface area contributed by atoms with E-state index in [0.29, 0.717) is 5.16 Å². The zero-order valence-electron chi connectivity index (χ0n) is 16.2. The SMILES string of the molecule is Cc1cccc(NC(=O)[C@@H](C)Sc2nc3sc4c(c3c(=O)n2C)CCCC4)c1. The number of amides is 1. The third-order valence-corrected chi connectivity index (χ3v) is 7.42. The molecule has 3 aromatic rings. The fourth-order valence-electron chi connectivity index (χ4n) is 3.55. The number of hydrogen-bond acceptors (Lipinski definition) is 5. The van der Waals surface area contributed by atoms with E-state index in [4.69, 9.17) is 4.98 Å². The number of benzene rings is 1. The number of nitrogens with one attached hydrogen (secondary N) is 1. The lowest BCUT2D eigenvalue weighted by Crippen LogP contribution is -2.25. The molecule has 1 amide bonds. The van der Waals surface area contributed by atoms with Crippen LogP contribution in [-0.2, 0) is 24.7 Å². The highest BCUT2D eigenvalue weighted by Gasteiger charge is 2.23. The van der Waals surface area contributed by atoms with Gasteiger partial charge in [-0.3, -0.25) is 14.2 Å². The monoisotopic (exact) mass is 413 g/mol. The Bertz CT molecular complexity index is 1120. The number of nitrogens with zero attached hydrogens (tertiary/aromatic N) is 2. The Morgan fingerprint density at radius 1 is 1.32 bits per heavy atom. The number of carbonyl (C=O) groups excluding carboxylic acids is 1. The standard InChI is InChI=1S/C21H23N3O2S2/c1-12-7-6-8-14(11-12)22-18(25)13(2)27-21-23-19-17(20(26)24(21)3)15-9-4-5-10-16(15)28-19/h6-8,11,13H,4-5,9-10H2,1-3H3,(H,22,25)/t13-/m1/s1. The fraction of sp³-hybridized carbons (Fsp3) is 0.381. The van der Waals surface area contributed by atoms with Gasteiger partial charge in [0.2, 0.25) is 5.91 Å². The molecule has 2 aromatic heterocycles. The maximum absolute atomic E-state index is 13.0. The molecule has 7 heteroatoms. The van der Waals surface area contributed by atoms with Crippen LogP contribution in [0.5, 0.6) is 0 Å². The van der Waals surface area contributed by atoms with Crippen molar-refractivity contribution in [3.63, 3.8) is 0 Å². The van der Waals surface area contributed by atoms with Crippen molar-refractivity contribution in [2.24, 2.45) is 7.05 Å². The average molecular weight is 414 g/mol. The molecule has 0 unspecified atom stereocenters. The van der Waals surface area contributed by atoms with Gasteiger partial charge in [-0.2, -0.15) is 0 Å². The molecule has 28 heavy (non-hydrogen) atoms. The zero-order valence-corrected chi connectivity index (χ0v) is 17.9. The van der Waals surface area contributed by atoms with Crippen molar-refractivity contribution >= 4 is 44.9 Å². The van der Waals surface area contributed by atoms with Crippen molar-refractivity contribution in [1.29, 1.82) is 0 Å². The highest BCUT2D eigenvalue weighted by molar-refractivity contribution is 8.00. The lowest BCUT2D eigenvalue weighted by atomic mass is 9.97. The van der Waals surface area contributed by atoms with Crippen molar-refractivity contribution in [2.75, 3.05) is 5.32 Å². The van der Waals surface area contributed by atoms with Crippen molar-refractivity contribution in [2.45, 2.75) is 49.9 Å². The Morgan fingerprint density at radius 3 is 2.89 bits per heavy atom. The molecule has 1 N–H and O–H groups in total. The number of thioether (sulfide) groups is 1. The highest BCUT2D eigenvalue weighted by Crippen LogP contribution is 2.35. The molecule has 0 saturated carbocycles. The summed E-state index contributed by atoms with van der Waals surface area (Å²) in [5.74, 6) is -0.101. The van der Waals surface area contributed by atoms with Crippen LogP contribution in [0.3, 0.4) is 0 Å². The van der Waals surface area contributed by atoms with E-state index in [1.807, 2.05) is 38.1 Å². The van der Waals surface area contributed by atoms with Crippen LogP contribution in [0.4, 0.5) is 5.69 Å². The number of thiophene rings is 1. The maximum Gasteiger partial charge on any atom is 0.262 e. The van der Waals surface area contributed by atoms with E-state index in [0.717, 1.165) is 40.7 Å². The molecule has 0 spiro atoms. The normalized spacial score (nSPS) is 14.7. The quantitative estimate of drug-likeness (QED) is 0.512. The van der Waals surface area contributed by atoms with Crippen molar-refractivity contribution in [1.82, 2.24) is 9.55 Å². The van der Waals surface area contributed by atoms with E-state index >= 15 is 0 Å². The van der Waals surface area contributed by atoms with Gasteiger partial charge in [-0.15, -0.1) is 11.3 Å². The molecule has 2 heterocycles. The molecule has 0 fully saturated rings. The van der Waals surface area contributed by atoms with Gasteiger partial charge in [0.1, 0.15) is 4.83 Å². The molecule has 0 aliphatic heterocycles. The third-order valence-electron chi connectivity index (χ3n) is 5.09. The summed E-state index contributed by atoms with van der Waals surface area (Å²) in [6, 6.07) is 7.72. The minimum atomic E-state index is -0.370. The van der Waals surface area contributed by atoms with Gasteiger partial charge in [0.05, 0.1) is 10.6 Å². The Morgan fingerprint density at radius 2 is 2.11 bits per heavy atom. The van der Waals surface area contributed by atoms with Crippen LogP contribution in [0, 0.1) is 6.92 Å². The van der Waals surface area contributed by atoms with Gasteiger partial charge >= 0.3 is 0 Å². The number of fused-ring (bicyclic) bond motifs is 3. The topological polar surface area (TPSA) is 64.0 Å². The van der Waals surface area contributed by atoms with Crippen LogP contribution in [0.1, 0.15) is 35.8 Å². The van der Waals surface area contributed by atoms with Crippen LogP contribution >= 0.6 is 23.1 Å². The molecule has 1 aliphatic carbocycles. The summed E-state index contributed by atoms with van der Waals surface area (Å²) in [7, 11) is 1.75. The summed E-state index contributed by atoms with van der Waals surface area (Å²) in [6.07, 6.45) is 4.32. The van der Waals surface area contributed by atoms with Gasteiger partial charge in [0.25, 0.3) is 5.56 Å². The molecule has 0 bridgehead atoms. The first kappa shape index (κ1) is 19.2. The fourth-order valence-corrected chi connectivity index (χ4v) is 5.73. The molecular formula is C21H23N3O2S2. The van der Waals surface area contributed by atoms with Crippen molar-refractivity contribution in [3.8, 4) is 0 Å². The molecule has 1 atom stereocenters. The van der Waals surface area contributed by atoms with Crippen LogP contribution in [-0.4, -0.2) is 20.7 Å². The van der Waals surface area contributed by atoms with Gasteiger partial charge in [0, 0.05) is 17.6 Å². The van der Waals surface area contributed by atoms with Crippen LogP contribution in [0.2, 0.25) is 0 Å². The summed E-state index contributed by atoms with van der Waals surface area (Å²) < 4.78 is 1.59. The maximum atomic E-state index is 13.0. The summed E-state index contributed by atoms with van der Waals surface area (Å²) >= 11 is 2.96. The summed E-state index contributed by atoms with van der Waals surface area (Å²) in [6.45, 7) is 3.83. The Labute approximate surface area is 172 Å². The van der Waals surface area contributed by atoms with Gasteiger partial charge in [-0.05, 0) is 62.8 Å². The predicted molar refractivity (Wildman–Crippen MR) is 117 cm³/mol. The van der Waals surface area contributed by atoms with Gasteiger partial charge in [0.15, 0.2) is 5.16 Å². The third kappa shape index (κ3) is 3.61. The zero-order chi connectivity index (χ0) is 19.8. The Kier molecular flexibility index (Phi) is 5.29. The first-order valence-corrected chi connectivity index (χ1v) is 11.2. The van der Waals surface area contributed by atoms with Crippen LogP contribution in [0.15, 0.2) is 34.2 Å². The molecular weight excluding hydrogens is 390 g/mol. The van der Waals surface area contributed by atoms with Gasteiger partial charge in [-0.1, -0.05) is 23.9 Å². The Hall–Kier alpha value is -2.12. The highest BCUT2D eigenvalue weighted by atomic mass is 32.2. The van der Waals surface area contributed by atoms with E-state index in [-0.39, 0.29) is 16.7 Å². The van der Waals surface area contributed by atoms with Gasteiger partial charge in [-0.25, -0.2) is 4.98 Å². The van der Waals surface area contributed by atoms with E-state index in [9.17, 15) is 9.59 Å². The molecule has 4 rings (SSSR count). The molecule has 1 aliphatic rings. The first-order chi connectivity index (χ1) is 13.4. The second kappa shape index (κ2) is 7.72. The van der Waals surface area contributed by atoms with E-state index in [1.165, 1.54) is 28.6 Å². The van der Waals surface area contributed by atoms with Crippen molar-refractivity contribution in [3.05, 3.63) is 50.6 Å².